The SMILES string of the molecule is CC(C)=C[C@@H]1[C@@H](C(=O)NC[C@H](c2ccco2)N2CCCC2)C1(C)C. The minimum absolute atomic E-state index is 0.0647. The molecule has 1 saturated carbocycles. The second kappa shape index (κ2) is 6.75. The minimum atomic E-state index is 0.0647. The van der Waals surface area contributed by atoms with Gasteiger partial charge in [-0.15, -0.1) is 0 Å². The van der Waals surface area contributed by atoms with Crippen molar-refractivity contribution in [2.75, 3.05) is 19.6 Å². The normalized spacial score (nSPS) is 26.8. The van der Waals surface area contributed by atoms with Gasteiger partial charge in [0.1, 0.15) is 5.76 Å². The van der Waals surface area contributed by atoms with Gasteiger partial charge in [0.2, 0.25) is 5.91 Å². The lowest BCUT2D eigenvalue weighted by Crippen LogP contribution is -2.37. The van der Waals surface area contributed by atoms with Gasteiger partial charge in [0.15, 0.2) is 0 Å². The molecule has 24 heavy (non-hydrogen) atoms. The third-order valence-electron chi connectivity index (χ3n) is 5.63. The van der Waals surface area contributed by atoms with Crippen LogP contribution in [0.15, 0.2) is 34.5 Å². The first-order valence-electron chi connectivity index (χ1n) is 9.11. The van der Waals surface area contributed by atoms with Crippen LogP contribution in [0, 0.1) is 17.3 Å². The summed E-state index contributed by atoms with van der Waals surface area (Å²) in [5.41, 5.74) is 1.35. The number of likely N-dealkylation sites (tertiary alicyclic amines) is 1. The van der Waals surface area contributed by atoms with Gasteiger partial charge in [-0.05, 0) is 63.2 Å². The third-order valence-corrected chi connectivity index (χ3v) is 5.63. The highest BCUT2D eigenvalue weighted by Gasteiger charge is 2.60. The second-order valence-electron chi connectivity index (χ2n) is 8.09. The van der Waals surface area contributed by atoms with E-state index in [1.54, 1.807) is 6.26 Å². The van der Waals surface area contributed by atoms with Crippen molar-refractivity contribution in [2.45, 2.75) is 46.6 Å². The Morgan fingerprint density at radius 1 is 1.42 bits per heavy atom. The molecule has 1 aliphatic carbocycles. The Labute approximate surface area is 145 Å². The fourth-order valence-electron chi connectivity index (χ4n) is 4.10. The van der Waals surface area contributed by atoms with Crippen LogP contribution in [0.4, 0.5) is 0 Å². The van der Waals surface area contributed by atoms with Crippen molar-refractivity contribution < 1.29 is 9.21 Å². The van der Waals surface area contributed by atoms with Crippen molar-refractivity contribution in [1.29, 1.82) is 0 Å². The van der Waals surface area contributed by atoms with E-state index >= 15 is 0 Å². The topological polar surface area (TPSA) is 45.5 Å². The smallest absolute Gasteiger partial charge is 0.224 e. The van der Waals surface area contributed by atoms with Crippen LogP contribution >= 0.6 is 0 Å². The van der Waals surface area contributed by atoms with Crippen LogP contribution in [-0.2, 0) is 4.79 Å². The lowest BCUT2D eigenvalue weighted by atomic mass is 10.1. The van der Waals surface area contributed by atoms with E-state index in [1.165, 1.54) is 18.4 Å². The molecule has 2 aliphatic rings. The van der Waals surface area contributed by atoms with Crippen molar-refractivity contribution in [2.24, 2.45) is 17.3 Å². The average Bonchev–Trinajstić information content (AvgIpc) is 3.02. The van der Waals surface area contributed by atoms with Gasteiger partial charge in [0, 0.05) is 6.54 Å². The summed E-state index contributed by atoms with van der Waals surface area (Å²) < 4.78 is 5.63. The van der Waals surface area contributed by atoms with E-state index < -0.39 is 0 Å². The van der Waals surface area contributed by atoms with Crippen molar-refractivity contribution in [3.63, 3.8) is 0 Å². The van der Waals surface area contributed by atoms with Crippen molar-refractivity contribution >= 4 is 5.91 Å². The standard InChI is InChI=1S/C20H30N2O2/c1-14(2)12-15-18(20(15,3)4)19(23)21-13-16(17-8-7-11-24-17)22-9-5-6-10-22/h7-8,11-12,15-16,18H,5-6,9-10,13H2,1-4H3,(H,21,23)/t15-,16-,18+/m1/s1. The lowest BCUT2D eigenvalue weighted by molar-refractivity contribution is -0.123. The summed E-state index contributed by atoms with van der Waals surface area (Å²) in [7, 11) is 0. The van der Waals surface area contributed by atoms with E-state index in [2.05, 4.69) is 44.0 Å². The number of carbonyl (C=O) groups is 1. The highest BCUT2D eigenvalue weighted by Crippen LogP contribution is 2.59. The van der Waals surface area contributed by atoms with E-state index in [4.69, 9.17) is 4.42 Å². The molecule has 2 fully saturated rings. The Morgan fingerprint density at radius 2 is 2.12 bits per heavy atom. The van der Waals surface area contributed by atoms with Crippen LogP contribution in [-0.4, -0.2) is 30.4 Å². The first kappa shape index (κ1) is 17.3. The number of amides is 1. The van der Waals surface area contributed by atoms with Crippen LogP contribution < -0.4 is 5.32 Å². The highest BCUT2D eigenvalue weighted by atomic mass is 16.3. The van der Waals surface area contributed by atoms with E-state index in [0.717, 1.165) is 18.8 Å². The van der Waals surface area contributed by atoms with E-state index in [1.807, 2.05) is 12.1 Å². The molecule has 3 rings (SSSR count). The van der Waals surface area contributed by atoms with Gasteiger partial charge in [-0.1, -0.05) is 25.5 Å². The number of hydrogen-bond acceptors (Lipinski definition) is 3. The zero-order valence-electron chi connectivity index (χ0n) is 15.3. The molecule has 0 bridgehead atoms. The van der Waals surface area contributed by atoms with E-state index in [9.17, 15) is 4.79 Å². The molecule has 1 N–H and O–H groups in total. The molecule has 4 nitrogen and oxygen atoms in total. The summed E-state index contributed by atoms with van der Waals surface area (Å²) in [6.07, 6.45) is 6.41. The van der Waals surface area contributed by atoms with Gasteiger partial charge in [0.25, 0.3) is 0 Å². The summed E-state index contributed by atoms with van der Waals surface area (Å²) >= 11 is 0. The summed E-state index contributed by atoms with van der Waals surface area (Å²) in [5.74, 6) is 1.57. The van der Waals surface area contributed by atoms with Crippen LogP contribution in [0.5, 0.6) is 0 Å². The van der Waals surface area contributed by atoms with Gasteiger partial charge in [0.05, 0.1) is 18.2 Å². The summed E-state index contributed by atoms with van der Waals surface area (Å²) in [6, 6.07) is 4.09. The number of hydrogen-bond donors (Lipinski definition) is 1. The summed E-state index contributed by atoms with van der Waals surface area (Å²) in [5, 5.41) is 3.20. The average molecular weight is 330 g/mol. The van der Waals surface area contributed by atoms with Gasteiger partial charge in [-0.3, -0.25) is 9.69 Å². The Balaban J connectivity index is 1.63. The molecule has 4 heteroatoms. The molecular weight excluding hydrogens is 300 g/mol. The summed E-state index contributed by atoms with van der Waals surface area (Å²) in [6.45, 7) is 11.4. The highest BCUT2D eigenvalue weighted by molar-refractivity contribution is 5.83. The van der Waals surface area contributed by atoms with Crippen molar-refractivity contribution in [3.05, 3.63) is 35.8 Å². The van der Waals surface area contributed by atoms with E-state index in [0.29, 0.717) is 12.5 Å². The second-order valence-corrected chi connectivity index (χ2v) is 8.09. The van der Waals surface area contributed by atoms with Crippen molar-refractivity contribution in [3.8, 4) is 0 Å². The number of allylic oxidation sites excluding steroid dienone is 2. The molecule has 0 aromatic carbocycles. The molecule has 1 aliphatic heterocycles. The lowest BCUT2D eigenvalue weighted by Gasteiger charge is -2.26. The number of carbonyl (C=O) groups excluding carboxylic acids is 1. The Bertz CT molecular complexity index is 593. The number of rotatable bonds is 6. The molecule has 132 valence electrons. The predicted molar refractivity (Wildman–Crippen MR) is 95.5 cm³/mol. The zero-order chi connectivity index (χ0) is 17.3. The predicted octanol–water partition coefficient (Wildman–Crippen LogP) is 3.77. The maximum Gasteiger partial charge on any atom is 0.224 e. The van der Waals surface area contributed by atoms with Gasteiger partial charge >= 0.3 is 0 Å². The first-order chi connectivity index (χ1) is 11.4. The number of nitrogens with zero attached hydrogens (tertiary/aromatic N) is 1. The third kappa shape index (κ3) is 3.44. The molecule has 3 atom stereocenters. The zero-order valence-corrected chi connectivity index (χ0v) is 15.3. The molecule has 1 amide bonds. The molecule has 1 aromatic heterocycles. The minimum Gasteiger partial charge on any atom is -0.468 e. The molecule has 1 saturated heterocycles. The van der Waals surface area contributed by atoms with Gasteiger partial charge in [-0.25, -0.2) is 0 Å². The molecule has 0 spiro atoms. The fraction of sp³-hybridized carbons (Fsp3) is 0.650. The van der Waals surface area contributed by atoms with Crippen LogP contribution in [0.3, 0.4) is 0 Å². The molecule has 0 radical (unpaired) electrons. The molecule has 2 heterocycles. The maximum atomic E-state index is 12.7. The van der Waals surface area contributed by atoms with Crippen LogP contribution in [0.2, 0.25) is 0 Å². The number of furan rings is 1. The number of nitrogens with one attached hydrogen (secondary N) is 1. The Morgan fingerprint density at radius 3 is 2.71 bits per heavy atom. The molecule has 1 aromatic rings. The Kier molecular flexibility index (Phi) is 4.86. The monoisotopic (exact) mass is 330 g/mol. The molecular formula is C20H30N2O2. The van der Waals surface area contributed by atoms with Gasteiger partial charge in [-0.2, -0.15) is 0 Å². The largest absolute Gasteiger partial charge is 0.468 e. The molecule has 0 unspecified atom stereocenters. The maximum absolute atomic E-state index is 12.7. The quantitative estimate of drug-likeness (QED) is 0.808. The fourth-order valence-corrected chi connectivity index (χ4v) is 4.10. The summed E-state index contributed by atoms with van der Waals surface area (Å²) in [4.78, 5) is 15.1. The Hall–Kier alpha value is -1.55. The van der Waals surface area contributed by atoms with Crippen molar-refractivity contribution in [1.82, 2.24) is 10.2 Å². The van der Waals surface area contributed by atoms with Crippen LogP contribution in [0.1, 0.15) is 52.3 Å². The van der Waals surface area contributed by atoms with Crippen LogP contribution in [0.25, 0.3) is 0 Å². The first-order valence-corrected chi connectivity index (χ1v) is 9.11. The van der Waals surface area contributed by atoms with E-state index in [-0.39, 0.29) is 23.3 Å². The van der Waals surface area contributed by atoms with Gasteiger partial charge < -0.3 is 9.73 Å².